The molecule has 3 rings (SSSR count). The molecule has 1 amide bonds. The van der Waals surface area contributed by atoms with Crippen molar-refractivity contribution in [1.82, 2.24) is 10.1 Å². The molecule has 1 aliphatic heterocycles. The number of amides is 1. The monoisotopic (exact) mass is 336 g/mol. The number of hydrogen-bond donors (Lipinski definition) is 0. The highest BCUT2D eigenvalue weighted by molar-refractivity contribution is 6.33. The first-order chi connectivity index (χ1) is 11.0. The maximum absolute atomic E-state index is 14.0. The Morgan fingerprint density at radius 3 is 2.91 bits per heavy atom. The van der Waals surface area contributed by atoms with Crippen LogP contribution in [-0.4, -0.2) is 22.5 Å². The average molecular weight is 337 g/mol. The zero-order valence-corrected chi connectivity index (χ0v) is 13.8. The van der Waals surface area contributed by atoms with Gasteiger partial charge in [0, 0.05) is 12.6 Å². The van der Waals surface area contributed by atoms with Gasteiger partial charge in [-0.25, -0.2) is 4.39 Å². The fourth-order valence-electron chi connectivity index (χ4n) is 2.88. The lowest BCUT2D eigenvalue weighted by molar-refractivity contribution is 0.0710. The molecule has 0 N–H and O–H groups in total. The van der Waals surface area contributed by atoms with Crippen molar-refractivity contribution in [3.63, 3.8) is 0 Å². The van der Waals surface area contributed by atoms with Gasteiger partial charge >= 0.3 is 0 Å². The number of halogens is 2. The standard InChI is InChI=1S/C17H18ClFN2O2/c1-10(2)13-9-15(23-20-13)14-7-4-8-21(14)17(22)16-11(18)5-3-6-12(16)19/h3,5-6,9-10,14H,4,7-8H2,1-2H3/t14-/m0/s1. The van der Waals surface area contributed by atoms with Crippen LogP contribution in [0.3, 0.4) is 0 Å². The lowest BCUT2D eigenvalue weighted by atomic mass is 10.1. The molecule has 23 heavy (non-hydrogen) atoms. The van der Waals surface area contributed by atoms with Gasteiger partial charge in [0.25, 0.3) is 5.91 Å². The Morgan fingerprint density at radius 2 is 2.26 bits per heavy atom. The molecule has 1 aromatic carbocycles. The number of benzene rings is 1. The molecule has 1 fully saturated rings. The SMILES string of the molecule is CC(C)c1cc([C@@H]2CCCN2C(=O)c2c(F)cccc2Cl)on1. The van der Waals surface area contributed by atoms with Crippen LogP contribution in [0.4, 0.5) is 4.39 Å². The predicted molar refractivity (Wildman–Crippen MR) is 85.0 cm³/mol. The summed E-state index contributed by atoms with van der Waals surface area (Å²) in [6.45, 7) is 4.60. The van der Waals surface area contributed by atoms with E-state index in [1.54, 1.807) is 4.90 Å². The summed E-state index contributed by atoms with van der Waals surface area (Å²) in [5.41, 5.74) is 0.771. The molecule has 0 saturated carbocycles. The highest BCUT2D eigenvalue weighted by Crippen LogP contribution is 2.35. The van der Waals surface area contributed by atoms with Crippen molar-refractivity contribution >= 4 is 17.5 Å². The van der Waals surface area contributed by atoms with Gasteiger partial charge in [0.2, 0.25) is 0 Å². The molecule has 0 bridgehead atoms. The molecule has 0 unspecified atom stereocenters. The number of carbonyl (C=O) groups excluding carboxylic acids is 1. The van der Waals surface area contributed by atoms with Crippen molar-refractivity contribution in [3.8, 4) is 0 Å². The summed E-state index contributed by atoms with van der Waals surface area (Å²) in [5, 5.41) is 4.17. The third kappa shape index (κ3) is 2.98. The van der Waals surface area contributed by atoms with E-state index < -0.39 is 11.7 Å². The number of nitrogens with zero attached hydrogens (tertiary/aromatic N) is 2. The smallest absolute Gasteiger partial charge is 0.258 e. The van der Waals surface area contributed by atoms with E-state index in [9.17, 15) is 9.18 Å². The zero-order chi connectivity index (χ0) is 16.6. The van der Waals surface area contributed by atoms with Crippen molar-refractivity contribution in [1.29, 1.82) is 0 Å². The van der Waals surface area contributed by atoms with Crippen LogP contribution >= 0.6 is 11.6 Å². The summed E-state index contributed by atoms with van der Waals surface area (Å²) in [5.74, 6) is -0.113. The third-order valence-corrected chi connectivity index (χ3v) is 4.47. The second-order valence-corrected chi connectivity index (χ2v) is 6.47. The van der Waals surface area contributed by atoms with Gasteiger partial charge in [0.05, 0.1) is 22.3 Å². The molecule has 0 aliphatic carbocycles. The molecule has 1 saturated heterocycles. The second kappa shape index (κ2) is 6.32. The maximum Gasteiger partial charge on any atom is 0.258 e. The number of likely N-dealkylation sites (tertiary alicyclic amines) is 1. The Balaban J connectivity index is 1.90. The Morgan fingerprint density at radius 1 is 1.48 bits per heavy atom. The molecule has 4 nitrogen and oxygen atoms in total. The molecule has 1 atom stereocenters. The quantitative estimate of drug-likeness (QED) is 0.825. The van der Waals surface area contributed by atoms with E-state index in [-0.39, 0.29) is 22.5 Å². The molecular formula is C17H18ClFN2O2. The van der Waals surface area contributed by atoms with E-state index in [0.717, 1.165) is 18.5 Å². The van der Waals surface area contributed by atoms with Gasteiger partial charge < -0.3 is 9.42 Å². The van der Waals surface area contributed by atoms with Crippen molar-refractivity contribution in [2.45, 2.75) is 38.6 Å². The Bertz CT molecular complexity index is 709. The Labute approximate surface area is 139 Å². The molecule has 2 heterocycles. The summed E-state index contributed by atoms with van der Waals surface area (Å²) in [6.07, 6.45) is 1.60. The first-order valence-corrected chi connectivity index (χ1v) is 8.08. The predicted octanol–water partition coefficient (Wildman–Crippen LogP) is 4.57. The fourth-order valence-corrected chi connectivity index (χ4v) is 3.13. The van der Waals surface area contributed by atoms with Crippen LogP contribution in [0.25, 0.3) is 0 Å². The summed E-state index contributed by atoms with van der Waals surface area (Å²) in [4.78, 5) is 14.4. The minimum atomic E-state index is -0.603. The number of hydrogen-bond acceptors (Lipinski definition) is 3. The highest BCUT2D eigenvalue weighted by atomic mass is 35.5. The largest absolute Gasteiger partial charge is 0.359 e. The molecular weight excluding hydrogens is 319 g/mol. The summed E-state index contributed by atoms with van der Waals surface area (Å²) < 4.78 is 19.4. The van der Waals surface area contributed by atoms with Crippen LogP contribution in [0, 0.1) is 5.82 Å². The number of rotatable bonds is 3. The lowest BCUT2D eigenvalue weighted by Crippen LogP contribution is -2.31. The van der Waals surface area contributed by atoms with E-state index in [0.29, 0.717) is 12.3 Å². The first-order valence-electron chi connectivity index (χ1n) is 7.70. The van der Waals surface area contributed by atoms with Gasteiger partial charge in [0.1, 0.15) is 5.82 Å². The summed E-state index contributed by atoms with van der Waals surface area (Å²) >= 11 is 6.02. The van der Waals surface area contributed by atoms with Crippen molar-refractivity contribution in [2.75, 3.05) is 6.54 Å². The van der Waals surface area contributed by atoms with Crippen molar-refractivity contribution in [3.05, 3.63) is 52.1 Å². The molecule has 0 radical (unpaired) electrons. The minimum absolute atomic E-state index is 0.0790. The summed E-state index contributed by atoms with van der Waals surface area (Å²) in [7, 11) is 0. The van der Waals surface area contributed by atoms with Crippen molar-refractivity contribution < 1.29 is 13.7 Å². The van der Waals surface area contributed by atoms with Gasteiger partial charge in [0.15, 0.2) is 5.76 Å². The topological polar surface area (TPSA) is 46.3 Å². The molecule has 2 aromatic rings. The van der Waals surface area contributed by atoms with Gasteiger partial charge in [-0.2, -0.15) is 0 Å². The van der Waals surface area contributed by atoms with E-state index in [1.807, 2.05) is 19.9 Å². The van der Waals surface area contributed by atoms with Gasteiger partial charge in [-0.1, -0.05) is 36.7 Å². The maximum atomic E-state index is 14.0. The normalized spacial score (nSPS) is 18.0. The van der Waals surface area contributed by atoms with Crippen LogP contribution in [0.5, 0.6) is 0 Å². The fraction of sp³-hybridized carbons (Fsp3) is 0.412. The average Bonchev–Trinajstić information content (AvgIpc) is 3.15. The Hall–Kier alpha value is -1.88. The molecule has 0 spiro atoms. The molecule has 1 aromatic heterocycles. The van der Waals surface area contributed by atoms with Gasteiger partial charge in [-0.15, -0.1) is 0 Å². The van der Waals surface area contributed by atoms with Crippen LogP contribution in [-0.2, 0) is 0 Å². The first kappa shape index (κ1) is 16.0. The minimum Gasteiger partial charge on any atom is -0.359 e. The van der Waals surface area contributed by atoms with Crippen LogP contribution in [0.15, 0.2) is 28.8 Å². The van der Waals surface area contributed by atoms with E-state index in [4.69, 9.17) is 16.1 Å². The van der Waals surface area contributed by atoms with Crippen LogP contribution < -0.4 is 0 Å². The molecule has 6 heteroatoms. The highest BCUT2D eigenvalue weighted by Gasteiger charge is 2.35. The molecule has 122 valence electrons. The third-order valence-electron chi connectivity index (χ3n) is 4.16. The Kier molecular flexibility index (Phi) is 4.39. The lowest BCUT2D eigenvalue weighted by Gasteiger charge is -2.23. The van der Waals surface area contributed by atoms with E-state index >= 15 is 0 Å². The second-order valence-electron chi connectivity index (χ2n) is 6.06. The molecule has 1 aliphatic rings. The summed E-state index contributed by atoms with van der Waals surface area (Å²) in [6, 6.07) is 5.91. The van der Waals surface area contributed by atoms with Crippen LogP contribution in [0.1, 0.15) is 60.5 Å². The van der Waals surface area contributed by atoms with Gasteiger partial charge in [-0.3, -0.25) is 4.79 Å². The number of carbonyl (C=O) groups is 1. The van der Waals surface area contributed by atoms with Crippen molar-refractivity contribution in [2.24, 2.45) is 0 Å². The van der Waals surface area contributed by atoms with Crippen LogP contribution in [0.2, 0.25) is 5.02 Å². The van der Waals surface area contributed by atoms with E-state index in [1.165, 1.54) is 18.2 Å². The number of aromatic nitrogens is 1. The van der Waals surface area contributed by atoms with E-state index in [2.05, 4.69) is 5.16 Å². The zero-order valence-electron chi connectivity index (χ0n) is 13.1. The van der Waals surface area contributed by atoms with Gasteiger partial charge in [-0.05, 0) is 30.9 Å².